The Kier molecular flexibility index (Phi) is 3.78. The number of hydrogen-bond donors (Lipinski definition) is 1. The Bertz CT molecular complexity index is 829. The number of hydrogen-bond acceptors (Lipinski definition) is 5. The van der Waals surface area contributed by atoms with E-state index in [1.807, 2.05) is 6.07 Å². The molecular formula is C13H11N3O4S. The molecule has 0 bridgehead atoms. The van der Waals surface area contributed by atoms with E-state index in [1.54, 1.807) is 0 Å². The lowest BCUT2D eigenvalue weighted by atomic mass is 10.0. The van der Waals surface area contributed by atoms with Gasteiger partial charge in [0.15, 0.2) is 9.84 Å². The van der Waals surface area contributed by atoms with E-state index in [-0.39, 0.29) is 27.6 Å². The fraction of sp³-hybridized carbons (Fsp3) is 0.154. The molecule has 0 saturated heterocycles. The smallest absolute Gasteiger partial charge is 0.330 e. The summed E-state index contributed by atoms with van der Waals surface area (Å²) in [5, 5.41) is 20.0. The van der Waals surface area contributed by atoms with Crippen LogP contribution in [0, 0.1) is 21.4 Å². The summed E-state index contributed by atoms with van der Waals surface area (Å²) in [4.78, 5) is 12.9. The standard InChI is InChI=1S/C13H11N3O4S/c1-2-21(19,20)11-5-3-9(4-6-11)12-10(7-14)8-15-13(12)16(17)18/h3-6,8,15H,2H2,1H3. The van der Waals surface area contributed by atoms with E-state index < -0.39 is 14.8 Å². The quantitative estimate of drug-likeness (QED) is 0.686. The van der Waals surface area contributed by atoms with Gasteiger partial charge >= 0.3 is 5.82 Å². The van der Waals surface area contributed by atoms with Crippen LogP contribution in [0.3, 0.4) is 0 Å². The maximum Gasteiger partial charge on any atom is 0.330 e. The van der Waals surface area contributed by atoms with Crippen LogP contribution in [0.2, 0.25) is 0 Å². The molecule has 7 nitrogen and oxygen atoms in total. The number of sulfone groups is 1. The van der Waals surface area contributed by atoms with E-state index in [9.17, 15) is 18.5 Å². The number of nitrogens with one attached hydrogen (secondary N) is 1. The Labute approximate surface area is 120 Å². The van der Waals surface area contributed by atoms with Gasteiger partial charge in [-0.05, 0) is 22.6 Å². The minimum Gasteiger partial charge on any atom is -0.358 e. The normalized spacial score (nSPS) is 11.0. The molecule has 0 saturated carbocycles. The highest BCUT2D eigenvalue weighted by Gasteiger charge is 2.22. The maximum atomic E-state index is 11.7. The van der Waals surface area contributed by atoms with Gasteiger partial charge in [-0.1, -0.05) is 19.1 Å². The zero-order valence-electron chi connectivity index (χ0n) is 11.0. The number of H-pyrrole nitrogens is 1. The van der Waals surface area contributed by atoms with Gasteiger partial charge < -0.3 is 10.1 Å². The number of aromatic amines is 1. The predicted octanol–water partition coefficient (Wildman–Crippen LogP) is 2.26. The summed E-state index contributed by atoms with van der Waals surface area (Å²) in [7, 11) is -3.33. The molecule has 0 aliphatic rings. The second kappa shape index (κ2) is 5.38. The first-order valence-electron chi connectivity index (χ1n) is 5.99. The van der Waals surface area contributed by atoms with Gasteiger partial charge in [-0.25, -0.2) is 13.4 Å². The molecular weight excluding hydrogens is 294 g/mol. The van der Waals surface area contributed by atoms with Gasteiger partial charge in [0.1, 0.15) is 17.8 Å². The highest BCUT2D eigenvalue weighted by Crippen LogP contribution is 2.32. The van der Waals surface area contributed by atoms with Crippen LogP contribution in [0.4, 0.5) is 5.82 Å². The minimum absolute atomic E-state index is 0.0277. The van der Waals surface area contributed by atoms with E-state index in [4.69, 9.17) is 5.26 Å². The van der Waals surface area contributed by atoms with Crippen molar-refractivity contribution < 1.29 is 13.3 Å². The molecule has 0 radical (unpaired) electrons. The SMILES string of the molecule is CCS(=O)(=O)c1ccc(-c2c(C#N)c[nH]c2[N+](=O)[O-])cc1. The van der Waals surface area contributed by atoms with E-state index in [2.05, 4.69) is 4.98 Å². The van der Waals surface area contributed by atoms with Crippen LogP contribution in [0.15, 0.2) is 35.4 Å². The highest BCUT2D eigenvalue weighted by molar-refractivity contribution is 7.91. The van der Waals surface area contributed by atoms with Crippen LogP contribution in [-0.2, 0) is 9.84 Å². The number of nitriles is 1. The Balaban J connectivity index is 2.57. The Morgan fingerprint density at radius 1 is 1.33 bits per heavy atom. The van der Waals surface area contributed by atoms with Crippen LogP contribution in [0.5, 0.6) is 0 Å². The topological polar surface area (TPSA) is 117 Å². The third-order valence-corrected chi connectivity index (χ3v) is 4.80. The summed E-state index contributed by atoms with van der Waals surface area (Å²) in [5.41, 5.74) is 0.699. The largest absolute Gasteiger partial charge is 0.358 e. The van der Waals surface area contributed by atoms with Gasteiger partial charge in [0.25, 0.3) is 0 Å². The van der Waals surface area contributed by atoms with Crippen LogP contribution in [0.25, 0.3) is 11.1 Å². The Morgan fingerprint density at radius 3 is 2.43 bits per heavy atom. The fourth-order valence-electron chi connectivity index (χ4n) is 1.93. The molecule has 0 atom stereocenters. The second-order valence-electron chi connectivity index (χ2n) is 4.22. The molecule has 0 aliphatic heterocycles. The summed E-state index contributed by atoms with van der Waals surface area (Å²) < 4.78 is 23.5. The zero-order chi connectivity index (χ0) is 15.6. The van der Waals surface area contributed by atoms with Crippen molar-refractivity contribution >= 4 is 15.7 Å². The first-order valence-corrected chi connectivity index (χ1v) is 7.65. The van der Waals surface area contributed by atoms with Crippen molar-refractivity contribution in [3.05, 3.63) is 46.1 Å². The van der Waals surface area contributed by atoms with Gasteiger partial charge in [-0.15, -0.1) is 0 Å². The Morgan fingerprint density at radius 2 is 1.95 bits per heavy atom. The number of aromatic nitrogens is 1. The van der Waals surface area contributed by atoms with Gasteiger partial charge in [-0.2, -0.15) is 5.26 Å². The van der Waals surface area contributed by atoms with Gasteiger partial charge in [0.05, 0.1) is 16.2 Å². The van der Waals surface area contributed by atoms with E-state index >= 15 is 0 Å². The summed E-state index contributed by atoms with van der Waals surface area (Å²) in [6.45, 7) is 1.54. The summed E-state index contributed by atoms with van der Waals surface area (Å²) >= 11 is 0. The number of nitrogens with zero attached hydrogens (tertiary/aromatic N) is 2. The average molecular weight is 305 g/mol. The molecule has 108 valence electrons. The zero-order valence-corrected chi connectivity index (χ0v) is 11.8. The molecule has 1 aromatic carbocycles. The van der Waals surface area contributed by atoms with Crippen molar-refractivity contribution in [2.24, 2.45) is 0 Å². The fourth-order valence-corrected chi connectivity index (χ4v) is 2.82. The van der Waals surface area contributed by atoms with Crippen LogP contribution in [-0.4, -0.2) is 24.1 Å². The summed E-state index contributed by atoms with van der Waals surface area (Å²) in [6, 6.07) is 7.55. The molecule has 1 aromatic heterocycles. The molecule has 1 heterocycles. The number of nitro groups is 1. The second-order valence-corrected chi connectivity index (χ2v) is 6.50. The van der Waals surface area contributed by atoms with E-state index in [1.165, 1.54) is 37.4 Å². The van der Waals surface area contributed by atoms with Crippen LogP contribution < -0.4 is 0 Å². The van der Waals surface area contributed by atoms with Crippen LogP contribution >= 0.6 is 0 Å². The molecule has 0 spiro atoms. The van der Waals surface area contributed by atoms with Gasteiger partial charge in [0.2, 0.25) is 0 Å². The van der Waals surface area contributed by atoms with Crippen molar-refractivity contribution in [1.82, 2.24) is 4.98 Å². The predicted molar refractivity (Wildman–Crippen MR) is 75.3 cm³/mol. The van der Waals surface area contributed by atoms with Crippen LogP contribution in [0.1, 0.15) is 12.5 Å². The lowest BCUT2D eigenvalue weighted by Crippen LogP contribution is -2.03. The molecule has 0 unspecified atom stereocenters. The molecule has 0 fully saturated rings. The van der Waals surface area contributed by atoms with Gasteiger partial charge in [0, 0.05) is 0 Å². The van der Waals surface area contributed by atoms with Crippen molar-refractivity contribution in [2.45, 2.75) is 11.8 Å². The monoisotopic (exact) mass is 305 g/mol. The van der Waals surface area contributed by atoms with Crippen molar-refractivity contribution in [3.8, 4) is 17.2 Å². The van der Waals surface area contributed by atoms with Crippen molar-refractivity contribution in [1.29, 1.82) is 5.26 Å². The number of rotatable bonds is 4. The molecule has 2 aromatic rings. The van der Waals surface area contributed by atoms with Crippen molar-refractivity contribution in [2.75, 3.05) is 5.75 Å². The Hall–Kier alpha value is -2.66. The average Bonchev–Trinajstić information content (AvgIpc) is 2.91. The minimum atomic E-state index is -3.33. The third kappa shape index (κ3) is 2.64. The summed E-state index contributed by atoms with van der Waals surface area (Å²) in [5.74, 6) is -0.322. The molecule has 1 N–H and O–H groups in total. The lowest BCUT2D eigenvalue weighted by Gasteiger charge is -2.04. The molecule has 8 heteroatoms. The maximum absolute atomic E-state index is 11.7. The lowest BCUT2D eigenvalue weighted by molar-refractivity contribution is -0.388. The molecule has 21 heavy (non-hydrogen) atoms. The summed E-state index contributed by atoms with van der Waals surface area (Å²) in [6.07, 6.45) is 1.25. The molecule has 0 aliphatic carbocycles. The molecule has 2 rings (SSSR count). The highest BCUT2D eigenvalue weighted by atomic mass is 32.2. The first kappa shape index (κ1) is 14.7. The van der Waals surface area contributed by atoms with Crippen molar-refractivity contribution in [3.63, 3.8) is 0 Å². The third-order valence-electron chi connectivity index (χ3n) is 3.04. The first-order chi connectivity index (χ1) is 9.90. The van der Waals surface area contributed by atoms with Gasteiger partial charge in [-0.3, -0.25) is 0 Å². The number of benzene rings is 1. The molecule has 0 amide bonds. The van der Waals surface area contributed by atoms with E-state index in [0.29, 0.717) is 5.56 Å². The van der Waals surface area contributed by atoms with E-state index in [0.717, 1.165) is 0 Å².